The fourth-order valence-corrected chi connectivity index (χ4v) is 8.39. The molecule has 15 heteroatoms. The van der Waals surface area contributed by atoms with E-state index in [1.165, 1.54) is 17.5 Å². The molecular weight excluding hydrogens is 683 g/mol. The smallest absolute Gasteiger partial charge is 0.271 e. The van der Waals surface area contributed by atoms with Crippen LogP contribution < -0.4 is 21.3 Å². The van der Waals surface area contributed by atoms with Crippen molar-refractivity contribution in [2.45, 2.75) is 51.1 Å². The van der Waals surface area contributed by atoms with Crippen molar-refractivity contribution in [3.63, 3.8) is 0 Å². The molecule has 5 amide bonds. The van der Waals surface area contributed by atoms with Crippen LogP contribution >= 0.6 is 11.3 Å². The number of aromatic nitrogens is 3. The average Bonchev–Trinajstić information content (AvgIpc) is 3.77. The van der Waals surface area contributed by atoms with Gasteiger partial charge in [0.1, 0.15) is 16.7 Å². The SMILES string of the molecule is NC(=O)c1ncc(-c2nccs2)nc1Nc1ccc(N2CCC3(CCN(Cc4ccc5c(c4)C(=O)N(C4CCC(=O)NC4=O)C5=O)CC3)CC2)cc1. The Morgan fingerprint density at radius 2 is 1.67 bits per heavy atom. The monoisotopic (exact) mass is 719 g/mol. The summed E-state index contributed by atoms with van der Waals surface area (Å²) in [7, 11) is 0. The number of hydrogen-bond donors (Lipinski definition) is 3. The summed E-state index contributed by atoms with van der Waals surface area (Å²) in [4.78, 5) is 81.3. The topological polar surface area (TPSA) is 184 Å². The van der Waals surface area contributed by atoms with Gasteiger partial charge in [0, 0.05) is 49.0 Å². The number of anilines is 3. The Morgan fingerprint density at radius 1 is 0.942 bits per heavy atom. The first-order valence-corrected chi connectivity index (χ1v) is 18.3. The van der Waals surface area contributed by atoms with Gasteiger partial charge in [-0.2, -0.15) is 0 Å². The molecule has 4 aliphatic rings. The molecule has 0 bridgehead atoms. The van der Waals surface area contributed by atoms with E-state index in [9.17, 15) is 24.0 Å². The number of primary amides is 1. The number of carbonyl (C=O) groups is 5. The Balaban J connectivity index is 0.847. The van der Waals surface area contributed by atoms with Crippen LogP contribution in [0.3, 0.4) is 0 Å². The van der Waals surface area contributed by atoms with Crippen molar-refractivity contribution in [2.75, 3.05) is 36.4 Å². The van der Waals surface area contributed by atoms with E-state index in [4.69, 9.17) is 5.73 Å². The molecule has 4 N–H and O–H groups in total. The highest BCUT2D eigenvalue weighted by molar-refractivity contribution is 7.13. The third-order valence-corrected chi connectivity index (χ3v) is 11.6. The standard InChI is InChI=1S/C37H37N9O5S/c38-31(48)30-32(42-27(20-40-30)34-39-13-18-52-34)41-23-2-4-24(5-3-23)45-16-11-37(12-17-45)9-14-44(15-10-37)21-22-1-6-25-26(19-22)36(51)46(35(25)50)28-7-8-29(47)43-33(28)49/h1-6,13,18-20,28H,7-12,14-17,21H2,(H2,38,48)(H,41,42)(H,43,47,49). The van der Waals surface area contributed by atoms with E-state index in [1.54, 1.807) is 18.3 Å². The number of carbonyl (C=O) groups excluding carboxylic acids is 5. The molecule has 4 aliphatic heterocycles. The third kappa shape index (κ3) is 6.41. The van der Waals surface area contributed by atoms with Crippen molar-refractivity contribution in [1.82, 2.24) is 30.1 Å². The van der Waals surface area contributed by atoms with Gasteiger partial charge >= 0.3 is 0 Å². The molecule has 2 aromatic heterocycles. The first-order chi connectivity index (χ1) is 25.2. The number of piperidine rings is 3. The van der Waals surface area contributed by atoms with Gasteiger partial charge in [-0.05, 0) is 92.6 Å². The zero-order valence-electron chi connectivity index (χ0n) is 28.3. The number of nitrogens with one attached hydrogen (secondary N) is 2. The maximum atomic E-state index is 13.3. The number of imide groups is 2. The molecule has 52 heavy (non-hydrogen) atoms. The van der Waals surface area contributed by atoms with Crippen LogP contribution in [0.4, 0.5) is 17.2 Å². The van der Waals surface area contributed by atoms with Gasteiger partial charge in [0.15, 0.2) is 11.5 Å². The molecule has 8 rings (SSSR count). The van der Waals surface area contributed by atoms with Gasteiger partial charge in [-0.3, -0.25) is 39.1 Å². The molecule has 14 nitrogen and oxygen atoms in total. The number of fused-ring (bicyclic) bond motifs is 1. The van der Waals surface area contributed by atoms with Crippen molar-refractivity contribution in [2.24, 2.45) is 11.1 Å². The highest BCUT2D eigenvalue weighted by Gasteiger charge is 2.45. The van der Waals surface area contributed by atoms with E-state index in [-0.39, 0.29) is 24.4 Å². The van der Waals surface area contributed by atoms with Crippen molar-refractivity contribution in [3.05, 3.63) is 82.6 Å². The summed E-state index contributed by atoms with van der Waals surface area (Å²) < 4.78 is 0. The molecule has 3 fully saturated rings. The number of hydrogen-bond acceptors (Lipinski definition) is 12. The van der Waals surface area contributed by atoms with Crippen LogP contribution in [0.5, 0.6) is 0 Å². The first kappa shape index (κ1) is 33.6. The Morgan fingerprint density at radius 3 is 2.37 bits per heavy atom. The van der Waals surface area contributed by atoms with Gasteiger partial charge in [-0.25, -0.2) is 15.0 Å². The van der Waals surface area contributed by atoms with Gasteiger partial charge in [0.25, 0.3) is 17.7 Å². The molecule has 1 unspecified atom stereocenters. The summed E-state index contributed by atoms with van der Waals surface area (Å²) >= 11 is 1.44. The Kier molecular flexibility index (Phi) is 8.75. The lowest BCUT2D eigenvalue weighted by Gasteiger charge is -2.47. The van der Waals surface area contributed by atoms with Crippen LogP contribution in [0, 0.1) is 5.41 Å². The summed E-state index contributed by atoms with van der Waals surface area (Å²) in [6, 6.07) is 12.5. The van der Waals surface area contributed by atoms with E-state index in [0.29, 0.717) is 33.8 Å². The van der Waals surface area contributed by atoms with Crippen molar-refractivity contribution < 1.29 is 24.0 Å². The van der Waals surface area contributed by atoms with E-state index >= 15 is 0 Å². The Hall–Kier alpha value is -5.54. The second kappa shape index (κ2) is 13.5. The maximum absolute atomic E-state index is 13.3. The average molecular weight is 720 g/mol. The van der Waals surface area contributed by atoms with Crippen LogP contribution in [-0.4, -0.2) is 86.5 Å². The van der Waals surface area contributed by atoms with E-state index < -0.39 is 35.6 Å². The van der Waals surface area contributed by atoms with Gasteiger partial charge in [0.2, 0.25) is 11.8 Å². The first-order valence-electron chi connectivity index (χ1n) is 17.4. The van der Waals surface area contributed by atoms with Crippen LogP contribution in [-0.2, 0) is 16.1 Å². The van der Waals surface area contributed by atoms with Gasteiger partial charge in [-0.1, -0.05) is 6.07 Å². The second-order valence-electron chi connectivity index (χ2n) is 13.9. The molecule has 1 atom stereocenters. The molecule has 2 aromatic carbocycles. The van der Waals surface area contributed by atoms with E-state index in [1.807, 2.05) is 23.6 Å². The Labute approximate surface area is 303 Å². The second-order valence-corrected chi connectivity index (χ2v) is 14.8. The predicted molar refractivity (Wildman–Crippen MR) is 193 cm³/mol. The van der Waals surface area contributed by atoms with Gasteiger partial charge in [0.05, 0.1) is 17.3 Å². The molecule has 0 aliphatic carbocycles. The molecule has 0 radical (unpaired) electrons. The zero-order chi connectivity index (χ0) is 36.0. The number of amides is 5. The lowest BCUT2D eigenvalue weighted by Crippen LogP contribution is -2.54. The molecule has 6 heterocycles. The third-order valence-electron chi connectivity index (χ3n) is 10.8. The van der Waals surface area contributed by atoms with Crippen LogP contribution in [0.2, 0.25) is 0 Å². The quantitative estimate of drug-likeness (QED) is 0.226. The zero-order valence-corrected chi connectivity index (χ0v) is 29.2. The fourth-order valence-electron chi connectivity index (χ4n) is 7.80. The van der Waals surface area contributed by atoms with Crippen LogP contribution in [0.1, 0.15) is 75.3 Å². The molecule has 4 aromatic rings. The van der Waals surface area contributed by atoms with Crippen LogP contribution in [0.25, 0.3) is 10.7 Å². The minimum Gasteiger partial charge on any atom is -0.371 e. The molecular formula is C37H37N9O5S. The van der Waals surface area contributed by atoms with Crippen molar-refractivity contribution >= 4 is 58.1 Å². The Bertz CT molecular complexity index is 2070. The summed E-state index contributed by atoms with van der Waals surface area (Å²) in [6.07, 6.45) is 7.83. The summed E-state index contributed by atoms with van der Waals surface area (Å²) in [5.74, 6) is -2.33. The van der Waals surface area contributed by atoms with Crippen LogP contribution in [0.15, 0.2) is 60.2 Å². The number of rotatable bonds is 8. The molecule has 3 saturated heterocycles. The summed E-state index contributed by atoms with van der Waals surface area (Å²) in [5.41, 5.74) is 9.98. The number of nitrogens with two attached hydrogens (primary N) is 1. The largest absolute Gasteiger partial charge is 0.371 e. The number of likely N-dealkylation sites (tertiary alicyclic amines) is 1. The molecule has 0 saturated carbocycles. The lowest BCUT2D eigenvalue weighted by molar-refractivity contribution is -0.136. The minimum absolute atomic E-state index is 0.0639. The molecule has 1 spiro atoms. The lowest BCUT2D eigenvalue weighted by atomic mass is 9.71. The minimum atomic E-state index is -0.966. The molecule has 266 valence electrons. The van der Waals surface area contributed by atoms with Gasteiger partial charge in [-0.15, -0.1) is 11.3 Å². The normalized spacial score (nSPS) is 20.3. The van der Waals surface area contributed by atoms with E-state index in [2.05, 4.69) is 47.5 Å². The van der Waals surface area contributed by atoms with E-state index in [0.717, 1.165) is 73.7 Å². The fraction of sp³-hybridized carbons (Fsp3) is 0.351. The number of thiazole rings is 1. The highest BCUT2D eigenvalue weighted by Crippen LogP contribution is 2.42. The van der Waals surface area contributed by atoms with Crippen molar-refractivity contribution in [3.8, 4) is 10.7 Å². The number of nitrogens with zero attached hydrogens (tertiary/aromatic N) is 6. The predicted octanol–water partition coefficient (Wildman–Crippen LogP) is 3.73. The highest BCUT2D eigenvalue weighted by atomic mass is 32.1. The van der Waals surface area contributed by atoms with Gasteiger partial charge < -0.3 is 16.0 Å². The summed E-state index contributed by atoms with van der Waals surface area (Å²) in [6.45, 7) is 4.51. The summed E-state index contributed by atoms with van der Waals surface area (Å²) in [5, 5.41) is 8.01. The maximum Gasteiger partial charge on any atom is 0.271 e. The number of benzene rings is 2. The van der Waals surface area contributed by atoms with Crippen molar-refractivity contribution in [1.29, 1.82) is 0 Å².